The summed E-state index contributed by atoms with van der Waals surface area (Å²) in [7, 11) is 0. The van der Waals surface area contributed by atoms with E-state index in [1.54, 1.807) is 6.92 Å². The molecule has 0 aliphatic rings. The molecule has 0 radical (unpaired) electrons. The highest BCUT2D eigenvalue weighted by atomic mass is 16.5. The Labute approximate surface area is 77.8 Å². The van der Waals surface area contributed by atoms with Crippen molar-refractivity contribution in [3.8, 4) is 0 Å². The van der Waals surface area contributed by atoms with Crippen LogP contribution >= 0.6 is 0 Å². The van der Waals surface area contributed by atoms with E-state index in [1.807, 2.05) is 0 Å². The average molecular weight is 188 g/mol. The zero-order valence-electron chi connectivity index (χ0n) is 7.77. The fraction of sp³-hybridized carbons (Fsp3) is 0.667. The fourth-order valence-corrected chi connectivity index (χ4v) is 0.871. The molecule has 0 bridgehead atoms. The number of esters is 1. The van der Waals surface area contributed by atoms with E-state index in [4.69, 9.17) is 5.11 Å². The third-order valence-corrected chi connectivity index (χ3v) is 1.49. The summed E-state index contributed by atoms with van der Waals surface area (Å²) < 4.78 is 4.62. The summed E-state index contributed by atoms with van der Waals surface area (Å²) in [5.41, 5.74) is 0. The second-order valence-electron chi connectivity index (χ2n) is 2.70. The summed E-state index contributed by atoms with van der Waals surface area (Å²) in [5, 5.41) is 18.3. The summed E-state index contributed by atoms with van der Waals surface area (Å²) in [5.74, 6) is -0.453. The Morgan fingerprint density at radius 1 is 1.62 bits per heavy atom. The molecular weight excluding hydrogens is 172 g/mol. The molecule has 0 unspecified atom stereocenters. The molecule has 0 amide bonds. The van der Waals surface area contributed by atoms with E-state index in [0.29, 0.717) is 6.61 Å². The van der Waals surface area contributed by atoms with E-state index >= 15 is 0 Å². The Kier molecular flexibility index (Phi) is 6.18. The molecule has 0 rings (SSSR count). The van der Waals surface area contributed by atoms with Crippen LogP contribution < -0.4 is 0 Å². The van der Waals surface area contributed by atoms with Crippen LogP contribution in [0.5, 0.6) is 0 Å². The van der Waals surface area contributed by atoms with Crippen molar-refractivity contribution in [1.29, 1.82) is 0 Å². The van der Waals surface area contributed by atoms with E-state index in [0.717, 1.165) is 0 Å². The number of carbonyl (C=O) groups is 1. The lowest BCUT2D eigenvalue weighted by molar-refractivity contribution is -0.145. The van der Waals surface area contributed by atoms with Crippen LogP contribution in [0.3, 0.4) is 0 Å². The van der Waals surface area contributed by atoms with Crippen LogP contribution in [-0.4, -0.2) is 35.0 Å². The summed E-state index contributed by atoms with van der Waals surface area (Å²) in [4.78, 5) is 10.8. The van der Waals surface area contributed by atoms with Crippen molar-refractivity contribution < 1.29 is 19.7 Å². The Bertz CT molecular complexity index is 167. The minimum atomic E-state index is -0.868. The van der Waals surface area contributed by atoms with Gasteiger partial charge in [0.05, 0.1) is 25.2 Å². The van der Waals surface area contributed by atoms with E-state index < -0.39 is 18.2 Å². The number of rotatable bonds is 6. The van der Waals surface area contributed by atoms with Gasteiger partial charge < -0.3 is 14.9 Å². The number of carbonyl (C=O) groups excluding carboxylic acids is 1. The maximum absolute atomic E-state index is 10.8. The van der Waals surface area contributed by atoms with Crippen molar-refractivity contribution in [2.75, 3.05) is 6.61 Å². The van der Waals surface area contributed by atoms with Gasteiger partial charge in [0.15, 0.2) is 0 Å². The maximum atomic E-state index is 10.8. The van der Waals surface area contributed by atoms with E-state index in [2.05, 4.69) is 11.3 Å². The SMILES string of the molecule is C=C[C@@H](O)C[C@@H](O)CC(=O)OCC. The zero-order valence-corrected chi connectivity index (χ0v) is 7.77. The molecule has 0 aromatic rings. The molecular formula is C9H16O4. The van der Waals surface area contributed by atoms with Crippen LogP contribution in [0.1, 0.15) is 19.8 Å². The van der Waals surface area contributed by atoms with Gasteiger partial charge in [-0.25, -0.2) is 0 Å². The van der Waals surface area contributed by atoms with Crippen LogP contribution in [-0.2, 0) is 9.53 Å². The minimum absolute atomic E-state index is 0.0846. The van der Waals surface area contributed by atoms with Crippen molar-refractivity contribution in [3.63, 3.8) is 0 Å². The summed E-state index contributed by atoms with van der Waals surface area (Å²) in [6, 6.07) is 0. The lowest BCUT2D eigenvalue weighted by atomic mass is 10.1. The monoisotopic (exact) mass is 188 g/mol. The van der Waals surface area contributed by atoms with Gasteiger partial charge in [-0.05, 0) is 6.92 Å². The number of ether oxygens (including phenoxy) is 1. The third kappa shape index (κ3) is 6.31. The highest BCUT2D eigenvalue weighted by Crippen LogP contribution is 2.04. The molecule has 2 N–H and O–H groups in total. The van der Waals surface area contributed by atoms with Gasteiger partial charge in [-0.2, -0.15) is 0 Å². The molecule has 4 heteroatoms. The molecule has 0 spiro atoms. The van der Waals surface area contributed by atoms with E-state index in [9.17, 15) is 9.90 Å². The van der Waals surface area contributed by atoms with Gasteiger partial charge >= 0.3 is 5.97 Å². The normalized spacial score (nSPS) is 14.7. The minimum Gasteiger partial charge on any atom is -0.466 e. The fourth-order valence-electron chi connectivity index (χ4n) is 0.871. The maximum Gasteiger partial charge on any atom is 0.308 e. The van der Waals surface area contributed by atoms with Gasteiger partial charge in [0, 0.05) is 6.42 Å². The van der Waals surface area contributed by atoms with Gasteiger partial charge in [-0.15, -0.1) is 6.58 Å². The van der Waals surface area contributed by atoms with Crippen molar-refractivity contribution in [1.82, 2.24) is 0 Å². The first-order valence-electron chi connectivity index (χ1n) is 4.24. The van der Waals surface area contributed by atoms with Gasteiger partial charge in [0.1, 0.15) is 0 Å². The highest BCUT2D eigenvalue weighted by molar-refractivity contribution is 5.69. The Morgan fingerprint density at radius 2 is 2.23 bits per heavy atom. The molecule has 0 fully saturated rings. The van der Waals surface area contributed by atoms with Crippen molar-refractivity contribution in [2.45, 2.75) is 32.0 Å². The predicted octanol–water partition coefficient (Wildman–Crippen LogP) is 0.238. The molecule has 4 nitrogen and oxygen atoms in total. The lowest BCUT2D eigenvalue weighted by Crippen LogP contribution is -2.20. The smallest absolute Gasteiger partial charge is 0.308 e. The van der Waals surface area contributed by atoms with Crippen LogP contribution in [0.15, 0.2) is 12.7 Å². The first kappa shape index (κ1) is 12.1. The second-order valence-corrected chi connectivity index (χ2v) is 2.70. The molecule has 76 valence electrons. The summed E-state index contributed by atoms with van der Waals surface area (Å²) in [6.45, 7) is 5.35. The van der Waals surface area contributed by atoms with Gasteiger partial charge in [0.25, 0.3) is 0 Å². The lowest BCUT2D eigenvalue weighted by Gasteiger charge is -2.11. The third-order valence-electron chi connectivity index (χ3n) is 1.49. The quantitative estimate of drug-likeness (QED) is 0.463. The number of hydrogen-bond donors (Lipinski definition) is 2. The van der Waals surface area contributed by atoms with Gasteiger partial charge in [0.2, 0.25) is 0 Å². The topological polar surface area (TPSA) is 66.8 Å². The summed E-state index contributed by atoms with van der Waals surface area (Å²) in [6.07, 6.45) is -0.299. The van der Waals surface area contributed by atoms with Gasteiger partial charge in [-0.1, -0.05) is 6.08 Å². The van der Waals surface area contributed by atoms with Crippen molar-refractivity contribution in [2.24, 2.45) is 0 Å². The van der Waals surface area contributed by atoms with Crippen LogP contribution in [0.25, 0.3) is 0 Å². The van der Waals surface area contributed by atoms with Crippen LogP contribution in [0.2, 0.25) is 0 Å². The number of hydrogen-bond acceptors (Lipinski definition) is 4. The molecule has 0 aromatic carbocycles. The molecule has 0 aliphatic heterocycles. The largest absolute Gasteiger partial charge is 0.466 e. The molecule has 0 saturated carbocycles. The second kappa shape index (κ2) is 6.62. The van der Waals surface area contributed by atoms with Crippen molar-refractivity contribution >= 4 is 5.97 Å². The first-order valence-corrected chi connectivity index (χ1v) is 4.24. The molecule has 0 saturated heterocycles. The summed E-state index contributed by atoms with van der Waals surface area (Å²) >= 11 is 0. The Hall–Kier alpha value is -0.870. The molecule has 2 atom stereocenters. The van der Waals surface area contributed by atoms with Gasteiger partial charge in [-0.3, -0.25) is 4.79 Å². The van der Waals surface area contributed by atoms with E-state index in [1.165, 1.54) is 6.08 Å². The Morgan fingerprint density at radius 3 is 2.69 bits per heavy atom. The first-order chi connectivity index (χ1) is 6.10. The van der Waals surface area contributed by atoms with Crippen molar-refractivity contribution in [3.05, 3.63) is 12.7 Å². The number of aliphatic hydroxyl groups excluding tert-OH is 2. The number of aliphatic hydroxyl groups is 2. The zero-order chi connectivity index (χ0) is 10.3. The average Bonchev–Trinajstić information content (AvgIpc) is 2.04. The standard InChI is InChI=1S/C9H16O4/c1-3-7(10)5-8(11)6-9(12)13-4-2/h3,7-8,10-11H,1,4-6H2,2H3/t7-,8-/m1/s1. The highest BCUT2D eigenvalue weighted by Gasteiger charge is 2.14. The van der Waals surface area contributed by atoms with Crippen LogP contribution in [0.4, 0.5) is 0 Å². The van der Waals surface area contributed by atoms with Crippen LogP contribution in [0, 0.1) is 0 Å². The molecule has 0 aromatic heterocycles. The molecule has 13 heavy (non-hydrogen) atoms. The molecule has 0 aliphatic carbocycles. The Balaban J connectivity index is 3.66. The predicted molar refractivity (Wildman–Crippen MR) is 48.1 cm³/mol. The molecule has 0 heterocycles. The van der Waals surface area contributed by atoms with E-state index in [-0.39, 0.29) is 12.8 Å².